The Bertz CT molecular complexity index is 1720. The zero-order valence-corrected chi connectivity index (χ0v) is 28.8. The maximum Gasteiger partial charge on any atom is 0.130 e. The summed E-state index contributed by atoms with van der Waals surface area (Å²) in [6, 6.07) is 20.4. The Morgan fingerprint density at radius 2 is 1.48 bits per heavy atom. The summed E-state index contributed by atoms with van der Waals surface area (Å²) in [4.78, 5) is 2.35. The zero-order chi connectivity index (χ0) is 32.9. The Morgan fingerprint density at radius 1 is 0.804 bits per heavy atom. The van der Waals surface area contributed by atoms with Crippen molar-refractivity contribution in [3.8, 4) is 39.5 Å². The molecule has 6 rings (SSSR count). The van der Waals surface area contributed by atoms with Gasteiger partial charge in [0.05, 0.1) is 33.0 Å². The van der Waals surface area contributed by atoms with Gasteiger partial charge in [-0.25, -0.2) is 0 Å². The molecular formula is C39H47NO5S. The predicted molar refractivity (Wildman–Crippen MR) is 191 cm³/mol. The fraction of sp³-hybridized carbons (Fsp3) is 0.436. The summed E-state index contributed by atoms with van der Waals surface area (Å²) in [5.74, 6) is 2.19. The molecule has 1 aliphatic heterocycles. The van der Waals surface area contributed by atoms with Crippen LogP contribution in [0.15, 0.2) is 60.7 Å². The number of hydrogen-bond acceptors (Lipinski definition) is 7. The van der Waals surface area contributed by atoms with E-state index >= 15 is 0 Å². The van der Waals surface area contributed by atoms with Crippen molar-refractivity contribution in [2.45, 2.75) is 58.3 Å². The summed E-state index contributed by atoms with van der Waals surface area (Å²) in [5, 5.41) is 26.2. The molecular weight excluding hydrogens is 594 g/mol. The van der Waals surface area contributed by atoms with Crippen molar-refractivity contribution in [2.75, 3.05) is 45.4 Å². The molecule has 0 amide bonds. The van der Waals surface area contributed by atoms with Crippen LogP contribution in [0.25, 0.3) is 33.0 Å². The van der Waals surface area contributed by atoms with Crippen molar-refractivity contribution in [1.82, 2.24) is 0 Å². The molecule has 2 N–H and O–H groups in total. The number of nitrogens with zero attached hydrogens (tertiary/aromatic N) is 1. The normalized spacial score (nSPS) is 18.8. The van der Waals surface area contributed by atoms with Gasteiger partial charge in [0.1, 0.15) is 17.2 Å². The molecule has 0 atom stereocenters. The fourth-order valence-electron chi connectivity index (χ4n) is 8.45. The van der Waals surface area contributed by atoms with Crippen LogP contribution in [0, 0.1) is 10.8 Å². The van der Waals surface area contributed by atoms with Gasteiger partial charge in [-0.15, -0.1) is 0 Å². The first-order chi connectivity index (χ1) is 21.9. The number of morpholine rings is 1. The first kappa shape index (κ1) is 32.5. The average Bonchev–Trinajstić information content (AvgIpc) is 3.02. The molecule has 1 aliphatic carbocycles. The van der Waals surface area contributed by atoms with Gasteiger partial charge in [0, 0.05) is 47.1 Å². The van der Waals surface area contributed by atoms with E-state index in [4.69, 9.17) is 14.2 Å². The van der Waals surface area contributed by atoms with Gasteiger partial charge < -0.3 is 29.3 Å². The van der Waals surface area contributed by atoms with Gasteiger partial charge in [0.2, 0.25) is 0 Å². The van der Waals surface area contributed by atoms with Crippen LogP contribution in [-0.2, 0) is 16.1 Å². The molecule has 1 heterocycles. The number of hydrogen-bond donors (Lipinski definition) is 3. The molecule has 2 aliphatic rings. The van der Waals surface area contributed by atoms with Crippen LogP contribution in [0.1, 0.15) is 58.1 Å². The third kappa shape index (κ3) is 6.17. The zero-order valence-electron chi connectivity index (χ0n) is 27.9. The van der Waals surface area contributed by atoms with E-state index in [0.717, 1.165) is 69.4 Å². The summed E-state index contributed by atoms with van der Waals surface area (Å²) in [7, 11) is 3.31. The largest absolute Gasteiger partial charge is 0.507 e. The smallest absolute Gasteiger partial charge is 0.130 e. The molecule has 1 saturated heterocycles. The maximum atomic E-state index is 12.7. The topological polar surface area (TPSA) is 71.4 Å². The van der Waals surface area contributed by atoms with Crippen molar-refractivity contribution in [3.63, 3.8) is 0 Å². The number of methoxy groups -OCH3 is 2. The molecule has 4 aromatic carbocycles. The second-order valence-electron chi connectivity index (χ2n) is 14.6. The summed E-state index contributed by atoms with van der Waals surface area (Å²) in [5.41, 5.74) is 5.45. The highest BCUT2D eigenvalue weighted by Gasteiger charge is 2.48. The lowest BCUT2D eigenvalue weighted by molar-refractivity contribution is -0.0909. The van der Waals surface area contributed by atoms with E-state index in [0.29, 0.717) is 43.3 Å². The number of anilines is 1. The SMILES string of the molecule is COc1ccc(-c2cc3c(O)cc(C4(O)CC(C)(C)CC(C)(C)C4)c(-c4ccc(CS)cc4)c3cc2N2CCOCC2)c(OC)c1. The summed E-state index contributed by atoms with van der Waals surface area (Å²) in [6.45, 7) is 11.7. The molecule has 7 heteroatoms. The molecule has 244 valence electrons. The van der Waals surface area contributed by atoms with Gasteiger partial charge in [-0.3, -0.25) is 0 Å². The molecule has 0 unspecified atom stereocenters. The second kappa shape index (κ2) is 12.3. The first-order valence-corrected chi connectivity index (χ1v) is 16.8. The van der Waals surface area contributed by atoms with Crippen LogP contribution < -0.4 is 14.4 Å². The molecule has 46 heavy (non-hydrogen) atoms. The van der Waals surface area contributed by atoms with Crippen LogP contribution >= 0.6 is 12.6 Å². The molecule has 0 spiro atoms. The Morgan fingerprint density at radius 3 is 2.09 bits per heavy atom. The van der Waals surface area contributed by atoms with E-state index in [1.165, 1.54) is 0 Å². The number of phenolic OH excluding ortho intramolecular Hbond substituents is 1. The number of rotatable bonds is 7. The van der Waals surface area contributed by atoms with Gasteiger partial charge in [-0.1, -0.05) is 52.0 Å². The minimum absolute atomic E-state index is 0.0814. The van der Waals surface area contributed by atoms with Gasteiger partial charge in [-0.05, 0) is 88.1 Å². The van der Waals surface area contributed by atoms with Crippen LogP contribution in [0.3, 0.4) is 0 Å². The standard InChI is InChI=1S/C39H47NO5S/c1-37(2)22-38(3,4)24-39(42,23-37)32-20-34(41)30-18-29(28-12-11-27(43-5)17-35(28)44-6)33(40-13-15-45-16-14-40)19-31(30)36(32)26-9-7-25(21-46)8-10-26/h7-12,17-20,41-42,46H,13-16,21-24H2,1-6H3. The minimum Gasteiger partial charge on any atom is -0.507 e. The Kier molecular flexibility index (Phi) is 8.72. The average molecular weight is 642 g/mol. The second-order valence-corrected chi connectivity index (χ2v) is 15.0. The Balaban J connectivity index is 1.69. The van der Waals surface area contributed by atoms with E-state index in [-0.39, 0.29) is 16.6 Å². The third-order valence-electron chi connectivity index (χ3n) is 9.71. The van der Waals surface area contributed by atoms with E-state index in [1.54, 1.807) is 14.2 Å². The lowest BCUT2D eigenvalue weighted by Crippen LogP contribution is -2.44. The lowest BCUT2D eigenvalue weighted by Gasteiger charge is -2.50. The molecule has 0 radical (unpaired) electrons. The highest BCUT2D eigenvalue weighted by Crippen LogP contribution is 2.57. The third-order valence-corrected chi connectivity index (χ3v) is 10.1. The molecule has 0 bridgehead atoms. The Labute approximate surface area is 278 Å². The highest BCUT2D eigenvalue weighted by molar-refractivity contribution is 7.79. The summed E-state index contributed by atoms with van der Waals surface area (Å²) < 4.78 is 17.1. The molecule has 1 saturated carbocycles. The number of benzene rings is 4. The van der Waals surface area contributed by atoms with Crippen LogP contribution in [0.5, 0.6) is 17.2 Å². The number of aromatic hydroxyl groups is 1. The monoisotopic (exact) mass is 641 g/mol. The van der Waals surface area contributed by atoms with Crippen LogP contribution in [-0.4, -0.2) is 50.7 Å². The van der Waals surface area contributed by atoms with Crippen molar-refractivity contribution < 1.29 is 24.4 Å². The van der Waals surface area contributed by atoms with Crippen LogP contribution in [0.4, 0.5) is 5.69 Å². The minimum atomic E-state index is -1.13. The molecule has 2 fully saturated rings. The predicted octanol–water partition coefficient (Wildman–Crippen LogP) is 8.59. The van der Waals surface area contributed by atoms with Crippen LogP contribution in [0.2, 0.25) is 0 Å². The Hall–Kier alpha value is -3.39. The summed E-state index contributed by atoms with van der Waals surface area (Å²) in [6.07, 6.45) is 2.23. The molecule has 6 nitrogen and oxygen atoms in total. The quantitative estimate of drug-likeness (QED) is 0.176. The van der Waals surface area contributed by atoms with E-state index in [1.807, 2.05) is 24.3 Å². The number of fused-ring (bicyclic) bond motifs is 1. The fourth-order valence-corrected chi connectivity index (χ4v) is 8.66. The van der Waals surface area contributed by atoms with Crippen molar-refractivity contribution in [2.24, 2.45) is 10.8 Å². The first-order valence-electron chi connectivity index (χ1n) is 16.2. The summed E-state index contributed by atoms with van der Waals surface area (Å²) >= 11 is 4.50. The van der Waals surface area contributed by atoms with Gasteiger partial charge in [-0.2, -0.15) is 12.6 Å². The number of phenols is 1. The van der Waals surface area contributed by atoms with Crippen molar-refractivity contribution in [1.29, 1.82) is 0 Å². The van der Waals surface area contributed by atoms with E-state index in [9.17, 15) is 10.2 Å². The molecule has 4 aromatic rings. The van der Waals surface area contributed by atoms with E-state index < -0.39 is 5.60 Å². The lowest BCUT2D eigenvalue weighted by atomic mass is 9.57. The van der Waals surface area contributed by atoms with Crippen molar-refractivity contribution in [3.05, 3.63) is 71.8 Å². The maximum absolute atomic E-state index is 12.7. The number of thiol groups is 1. The van der Waals surface area contributed by atoms with Gasteiger partial charge >= 0.3 is 0 Å². The van der Waals surface area contributed by atoms with Crippen molar-refractivity contribution >= 4 is 29.1 Å². The van der Waals surface area contributed by atoms with E-state index in [2.05, 4.69) is 81.6 Å². The number of aliphatic hydroxyl groups is 1. The number of ether oxygens (including phenoxy) is 3. The molecule has 0 aromatic heterocycles. The van der Waals surface area contributed by atoms with Gasteiger partial charge in [0.25, 0.3) is 0 Å². The van der Waals surface area contributed by atoms with Gasteiger partial charge in [0.15, 0.2) is 0 Å². The highest BCUT2D eigenvalue weighted by atomic mass is 32.1.